The molecule has 30 heavy (non-hydrogen) atoms. The monoisotopic (exact) mass is 408 g/mol. The number of imide groups is 1. The van der Waals surface area contributed by atoms with E-state index in [9.17, 15) is 22.8 Å². The van der Waals surface area contributed by atoms with Gasteiger partial charge in [-0.2, -0.15) is 0 Å². The molecule has 0 saturated heterocycles. The molecule has 150 valence electrons. The van der Waals surface area contributed by atoms with Crippen LogP contribution < -0.4 is 10.2 Å². The van der Waals surface area contributed by atoms with Crippen molar-refractivity contribution in [3.63, 3.8) is 0 Å². The van der Waals surface area contributed by atoms with E-state index in [1.54, 1.807) is 24.3 Å². The molecule has 0 spiro atoms. The molecule has 0 fully saturated rings. The molecule has 1 aliphatic rings. The highest BCUT2D eigenvalue weighted by Crippen LogP contribution is 2.34. The van der Waals surface area contributed by atoms with Crippen LogP contribution in [0.25, 0.3) is 5.57 Å². The summed E-state index contributed by atoms with van der Waals surface area (Å²) >= 11 is 0. The van der Waals surface area contributed by atoms with E-state index in [1.165, 1.54) is 24.3 Å². The summed E-state index contributed by atoms with van der Waals surface area (Å²) in [6, 6.07) is 15.1. The average Bonchev–Trinajstić information content (AvgIpc) is 2.95. The Balaban J connectivity index is 1.83. The zero-order valence-electron chi connectivity index (χ0n) is 15.7. The molecule has 1 heterocycles. The van der Waals surface area contributed by atoms with Gasteiger partial charge in [-0.1, -0.05) is 35.9 Å². The van der Waals surface area contributed by atoms with Crippen LogP contribution in [0.5, 0.6) is 0 Å². The number of nitrogens with one attached hydrogen (secondary N) is 1. The van der Waals surface area contributed by atoms with Crippen molar-refractivity contribution in [3.8, 4) is 0 Å². The predicted octanol–water partition coefficient (Wildman–Crippen LogP) is 4.81. The molecule has 1 N–H and O–H groups in total. The van der Waals surface area contributed by atoms with Gasteiger partial charge < -0.3 is 5.32 Å². The van der Waals surface area contributed by atoms with E-state index in [0.717, 1.165) is 28.7 Å². The zero-order chi connectivity index (χ0) is 21.4. The van der Waals surface area contributed by atoms with Crippen molar-refractivity contribution in [3.05, 3.63) is 101 Å². The van der Waals surface area contributed by atoms with Crippen molar-refractivity contribution in [2.24, 2.45) is 0 Å². The third-order valence-electron chi connectivity index (χ3n) is 4.68. The Kier molecular flexibility index (Phi) is 4.87. The van der Waals surface area contributed by atoms with Gasteiger partial charge in [-0.15, -0.1) is 0 Å². The quantitative estimate of drug-likeness (QED) is 0.631. The Bertz CT molecular complexity index is 1200. The van der Waals surface area contributed by atoms with E-state index in [4.69, 9.17) is 0 Å². The maximum Gasteiger partial charge on any atom is 0.282 e. The number of rotatable bonds is 4. The van der Waals surface area contributed by atoms with Crippen LogP contribution in [0, 0.1) is 24.4 Å². The van der Waals surface area contributed by atoms with E-state index in [2.05, 4.69) is 5.32 Å². The number of hydrogen-bond acceptors (Lipinski definition) is 3. The Morgan fingerprint density at radius 2 is 1.53 bits per heavy atom. The smallest absolute Gasteiger partial charge is 0.282 e. The molecule has 0 bridgehead atoms. The highest BCUT2D eigenvalue weighted by molar-refractivity contribution is 6.46. The summed E-state index contributed by atoms with van der Waals surface area (Å²) in [6.45, 7) is 1.87. The number of anilines is 2. The SMILES string of the molecule is Cc1ccc(C2=C(Nc3ccc(F)c(F)c3)C(=O)N(c3cccc(F)c3)C2=O)cc1. The first-order valence-corrected chi connectivity index (χ1v) is 9.03. The van der Waals surface area contributed by atoms with Crippen LogP contribution in [0.2, 0.25) is 0 Å². The number of carbonyl (C=O) groups is 2. The van der Waals surface area contributed by atoms with Gasteiger partial charge in [0.1, 0.15) is 11.5 Å². The van der Waals surface area contributed by atoms with Crippen LogP contribution in [0.1, 0.15) is 11.1 Å². The van der Waals surface area contributed by atoms with Crippen LogP contribution in [-0.4, -0.2) is 11.8 Å². The summed E-state index contributed by atoms with van der Waals surface area (Å²) in [6.07, 6.45) is 0. The van der Waals surface area contributed by atoms with E-state index >= 15 is 0 Å². The Morgan fingerprint density at radius 3 is 2.20 bits per heavy atom. The van der Waals surface area contributed by atoms with E-state index in [-0.39, 0.29) is 22.6 Å². The Hall–Kier alpha value is -3.87. The lowest BCUT2D eigenvalue weighted by Gasteiger charge is -2.15. The minimum Gasteiger partial charge on any atom is -0.350 e. The number of hydrogen-bond donors (Lipinski definition) is 1. The highest BCUT2D eigenvalue weighted by atomic mass is 19.2. The van der Waals surface area contributed by atoms with Gasteiger partial charge in [0.2, 0.25) is 0 Å². The molecule has 3 aromatic carbocycles. The number of aryl methyl sites for hydroxylation is 1. The molecule has 1 aliphatic heterocycles. The van der Waals surface area contributed by atoms with Crippen LogP contribution in [0.15, 0.2) is 72.4 Å². The lowest BCUT2D eigenvalue weighted by molar-refractivity contribution is -0.120. The largest absolute Gasteiger partial charge is 0.350 e. The zero-order valence-corrected chi connectivity index (χ0v) is 15.7. The van der Waals surface area contributed by atoms with Gasteiger partial charge in [-0.25, -0.2) is 18.1 Å². The van der Waals surface area contributed by atoms with Crippen LogP contribution in [-0.2, 0) is 9.59 Å². The van der Waals surface area contributed by atoms with Crippen molar-refractivity contribution in [2.45, 2.75) is 6.92 Å². The van der Waals surface area contributed by atoms with Gasteiger partial charge >= 0.3 is 0 Å². The van der Waals surface area contributed by atoms with Crippen molar-refractivity contribution in [1.82, 2.24) is 0 Å². The molecule has 4 rings (SSSR count). The normalized spacial score (nSPS) is 13.9. The summed E-state index contributed by atoms with van der Waals surface area (Å²) < 4.78 is 40.6. The second-order valence-electron chi connectivity index (χ2n) is 6.80. The van der Waals surface area contributed by atoms with Gasteiger partial charge in [0.15, 0.2) is 11.6 Å². The molecule has 0 radical (unpaired) electrons. The van der Waals surface area contributed by atoms with Gasteiger partial charge in [0, 0.05) is 11.8 Å². The summed E-state index contributed by atoms with van der Waals surface area (Å²) in [5.74, 6) is -4.13. The fraction of sp³-hybridized carbons (Fsp3) is 0.0435. The molecule has 3 aromatic rings. The molecule has 0 atom stereocenters. The average molecular weight is 408 g/mol. The van der Waals surface area contributed by atoms with Gasteiger partial charge in [-0.05, 0) is 42.8 Å². The maximum atomic E-state index is 13.7. The molecule has 2 amide bonds. The highest BCUT2D eigenvalue weighted by Gasteiger charge is 2.40. The maximum absolute atomic E-state index is 13.7. The molecule has 0 saturated carbocycles. The Labute approximate surface area is 170 Å². The molecule has 0 aromatic heterocycles. The van der Waals surface area contributed by atoms with Crippen molar-refractivity contribution < 1.29 is 22.8 Å². The van der Waals surface area contributed by atoms with Crippen LogP contribution >= 0.6 is 0 Å². The Morgan fingerprint density at radius 1 is 0.800 bits per heavy atom. The first-order chi connectivity index (χ1) is 14.3. The summed E-state index contributed by atoms with van der Waals surface area (Å²) in [5.41, 5.74) is 1.51. The first kappa shape index (κ1) is 19.4. The lowest BCUT2D eigenvalue weighted by Crippen LogP contribution is -2.32. The summed E-state index contributed by atoms with van der Waals surface area (Å²) in [7, 11) is 0. The van der Waals surface area contributed by atoms with Gasteiger partial charge in [-0.3, -0.25) is 9.59 Å². The summed E-state index contributed by atoms with van der Waals surface area (Å²) in [5, 5.41) is 2.73. The fourth-order valence-electron chi connectivity index (χ4n) is 3.20. The number of halogens is 3. The van der Waals surface area contributed by atoms with Gasteiger partial charge in [0.25, 0.3) is 11.8 Å². The van der Waals surface area contributed by atoms with E-state index in [1.807, 2.05) is 6.92 Å². The van der Waals surface area contributed by atoms with Crippen molar-refractivity contribution in [2.75, 3.05) is 10.2 Å². The van der Waals surface area contributed by atoms with E-state index < -0.39 is 29.3 Å². The van der Waals surface area contributed by atoms with Crippen LogP contribution in [0.4, 0.5) is 24.5 Å². The second-order valence-corrected chi connectivity index (χ2v) is 6.80. The molecular weight excluding hydrogens is 393 g/mol. The topological polar surface area (TPSA) is 49.4 Å². The number of carbonyl (C=O) groups excluding carboxylic acids is 2. The number of nitrogens with zero attached hydrogens (tertiary/aromatic N) is 1. The standard InChI is InChI=1S/C23H15F3N2O2/c1-13-5-7-14(8-6-13)20-21(27-16-9-10-18(25)19(26)12-16)23(30)28(22(20)29)17-4-2-3-15(24)11-17/h2-12,27H,1H3. The minimum atomic E-state index is -1.10. The van der Waals surface area contributed by atoms with E-state index in [0.29, 0.717) is 5.56 Å². The second kappa shape index (κ2) is 7.51. The number of benzene rings is 3. The predicted molar refractivity (Wildman–Crippen MR) is 107 cm³/mol. The minimum absolute atomic E-state index is 0.0500. The van der Waals surface area contributed by atoms with Crippen molar-refractivity contribution >= 4 is 28.8 Å². The van der Waals surface area contributed by atoms with Crippen LogP contribution in [0.3, 0.4) is 0 Å². The molecule has 7 heteroatoms. The third kappa shape index (κ3) is 3.45. The third-order valence-corrected chi connectivity index (χ3v) is 4.68. The first-order valence-electron chi connectivity index (χ1n) is 9.03. The molecule has 0 unspecified atom stereocenters. The summed E-state index contributed by atoms with van der Waals surface area (Å²) in [4.78, 5) is 27.2. The lowest BCUT2D eigenvalue weighted by atomic mass is 10.0. The molecular formula is C23H15F3N2O2. The number of amides is 2. The molecule has 0 aliphatic carbocycles. The van der Waals surface area contributed by atoms with Crippen molar-refractivity contribution in [1.29, 1.82) is 0 Å². The fourth-order valence-corrected chi connectivity index (χ4v) is 3.20. The van der Waals surface area contributed by atoms with Gasteiger partial charge in [0.05, 0.1) is 11.3 Å². The molecule has 4 nitrogen and oxygen atoms in total.